The van der Waals surface area contributed by atoms with Gasteiger partial charge >= 0.3 is 0 Å². The Morgan fingerprint density at radius 2 is 1.86 bits per heavy atom. The van der Waals surface area contributed by atoms with E-state index >= 15 is 0 Å². The summed E-state index contributed by atoms with van der Waals surface area (Å²) in [6.45, 7) is 1.20. The fraction of sp³-hybridized carbons (Fsp3) is 0.455. The molecule has 0 spiro atoms. The number of ether oxygens (including phenoxy) is 3. The van der Waals surface area contributed by atoms with Crippen LogP contribution < -0.4 is 0 Å². The maximum Gasteiger partial charge on any atom is 0.287 e. The van der Waals surface area contributed by atoms with Crippen LogP contribution in [-0.2, 0) is 20.6 Å². The van der Waals surface area contributed by atoms with Gasteiger partial charge in [-0.15, -0.1) is 0 Å². The minimum Gasteiger partial charge on any atom is -0.331 e. The molecule has 1 aliphatic rings. The van der Waals surface area contributed by atoms with Crippen molar-refractivity contribution in [2.75, 3.05) is 20.3 Å². The zero-order chi connectivity index (χ0) is 9.86. The van der Waals surface area contributed by atoms with E-state index in [0.717, 1.165) is 5.56 Å². The number of hydrogen-bond donors (Lipinski definition) is 0. The highest BCUT2D eigenvalue weighted by atomic mass is 16.9. The summed E-state index contributed by atoms with van der Waals surface area (Å²) < 4.78 is 16.2. The van der Waals surface area contributed by atoms with Gasteiger partial charge in [-0.25, -0.2) is 0 Å². The molecule has 3 heteroatoms. The highest BCUT2D eigenvalue weighted by Gasteiger charge is 2.36. The molecular weight excluding hydrogens is 180 g/mol. The molecule has 0 amide bonds. The van der Waals surface area contributed by atoms with Crippen LogP contribution in [0.5, 0.6) is 0 Å². The average molecular weight is 194 g/mol. The van der Waals surface area contributed by atoms with E-state index in [1.165, 1.54) is 0 Å². The Bertz CT molecular complexity index is 278. The molecule has 0 saturated carbocycles. The van der Waals surface area contributed by atoms with Crippen molar-refractivity contribution in [3.63, 3.8) is 0 Å². The van der Waals surface area contributed by atoms with Gasteiger partial charge in [0.1, 0.15) is 0 Å². The second-order valence-electron chi connectivity index (χ2n) is 3.25. The van der Waals surface area contributed by atoms with Crippen molar-refractivity contribution in [1.29, 1.82) is 0 Å². The Labute approximate surface area is 83.6 Å². The van der Waals surface area contributed by atoms with E-state index in [2.05, 4.69) is 0 Å². The third-order valence-electron chi connectivity index (χ3n) is 2.30. The van der Waals surface area contributed by atoms with Gasteiger partial charge in [0.2, 0.25) is 0 Å². The first kappa shape index (κ1) is 9.65. The Hall–Kier alpha value is -0.900. The minimum atomic E-state index is -0.860. The lowest BCUT2D eigenvalue weighted by Gasteiger charge is -2.24. The van der Waals surface area contributed by atoms with Gasteiger partial charge in [0.25, 0.3) is 5.97 Å². The van der Waals surface area contributed by atoms with Crippen LogP contribution in [0.15, 0.2) is 30.3 Å². The molecule has 1 heterocycles. The van der Waals surface area contributed by atoms with Crippen LogP contribution in [0.2, 0.25) is 0 Å². The van der Waals surface area contributed by atoms with Crippen LogP contribution in [0.3, 0.4) is 0 Å². The largest absolute Gasteiger partial charge is 0.331 e. The molecule has 0 atom stereocenters. The second kappa shape index (κ2) is 4.09. The molecule has 0 aromatic heterocycles. The number of benzene rings is 1. The van der Waals surface area contributed by atoms with E-state index in [1.807, 2.05) is 30.3 Å². The standard InChI is InChI=1S/C11H14O3/c1-12-11(13-7-8-14-11)9-10-5-3-2-4-6-10/h2-6H,7-9H2,1H3. The summed E-state index contributed by atoms with van der Waals surface area (Å²) in [5, 5.41) is 0. The van der Waals surface area contributed by atoms with E-state index in [-0.39, 0.29) is 0 Å². The summed E-state index contributed by atoms with van der Waals surface area (Å²) in [5.74, 6) is -0.860. The van der Waals surface area contributed by atoms with E-state index in [9.17, 15) is 0 Å². The van der Waals surface area contributed by atoms with Crippen molar-refractivity contribution in [2.45, 2.75) is 12.4 Å². The summed E-state index contributed by atoms with van der Waals surface area (Å²) in [6, 6.07) is 10.0. The Morgan fingerprint density at radius 3 is 2.43 bits per heavy atom. The summed E-state index contributed by atoms with van der Waals surface area (Å²) in [7, 11) is 1.61. The molecule has 0 N–H and O–H groups in total. The third-order valence-corrected chi connectivity index (χ3v) is 2.30. The van der Waals surface area contributed by atoms with Crippen molar-refractivity contribution >= 4 is 0 Å². The van der Waals surface area contributed by atoms with Crippen molar-refractivity contribution in [2.24, 2.45) is 0 Å². The Morgan fingerprint density at radius 1 is 1.21 bits per heavy atom. The SMILES string of the molecule is COC1(Cc2ccccc2)OCCO1. The molecule has 14 heavy (non-hydrogen) atoms. The summed E-state index contributed by atoms with van der Waals surface area (Å²) in [5.41, 5.74) is 1.15. The average Bonchev–Trinajstić information content (AvgIpc) is 2.69. The van der Waals surface area contributed by atoms with Crippen LogP contribution in [0, 0.1) is 0 Å². The molecule has 1 saturated heterocycles. The highest BCUT2D eigenvalue weighted by molar-refractivity contribution is 5.15. The van der Waals surface area contributed by atoms with Crippen LogP contribution in [0.25, 0.3) is 0 Å². The van der Waals surface area contributed by atoms with E-state index < -0.39 is 5.97 Å². The van der Waals surface area contributed by atoms with E-state index in [0.29, 0.717) is 19.6 Å². The summed E-state index contributed by atoms with van der Waals surface area (Å²) in [6.07, 6.45) is 0.629. The first-order valence-electron chi connectivity index (χ1n) is 4.72. The van der Waals surface area contributed by atoms with Crippen molar-refractivity contribution in [3.8, 4) is 0 Å². The van der Waals surface area contributed by atoms with Crippen LogP contribution in [0.4, 0.5) is 0 Å². The molecule has 2 rings (SSSR count). The van der Waals surface area contributed by atoms with Crippen LogP contribution >= 0.6 is 0 Å². The maximum absolute atomic E-state index is 5.45. The van der Waals surface area contributed by atoms with Gasteiger partial charge < -0.3 is 14.2 Å². The fourth-order valence-corrected chi connectivity index (χ4v) is 1.57. The molecule has 76 valence electrons. The van der Waals surface area contributed by atoms with Crippen molar-refractivity contribution in [3.05, 3.63) is 35.9 Å². The molecule has 0 bridgehead atoms. The highest BCUT2D eigenvalue weighted by Crippen LogP contribution is 2.24. The van der Waals surface area contributed by atoms with Crippen molar-refractivity contribution < 1.29 is 14.2 Å². The molecule has 1 aliphatic heterocycles. The first-order valence-corrected chi connectivity index (χ1v) is 4.72. The van der Waals surface area contributed by atoms with Crippen LogP contribution in [-0.4, -0.2) is 26.3 Å². The second-order valence-corrected chi connectivity index (χ2v) is 3.25. The lowest BCUT2D eigenvalue weighted by molar-refractivity contribution is -0.318. The zero-order valence-corrected chi connectivity index (χ0v) is 8.23. The molecular formula is C11H14O3. The molecule has 0 aliphatic carbocycles. The smallest absolute Gasteiger partial charge is 0.287 e. The molecule has 3 nitrogen and oxygen atoms in total. The summed E-state index contributed by atoms with van der Waals surface area (Å²) >= 11 is 0. The molecule has 0 radical (unpaired) electrons. The van der Waals surface area contributed by atoms with Crippen LogP contribution in [0.1, 0.15) is 5.56 Å². The van der Waals surface area contributed by atoms with Gasteiger partial charge in [-0.1, -0.05) is 30.3 Å². The van der Waals surface area contributed by atoms with Gasteiger partial charge in [-0.3, -0.25) is 0 Å². The van der Waals surface area contributed by atoms with Crippen molar-refractivity contribution in [1.82, 2.24) is 0 Å². The lowest BCUT2D eigenvalue weighted by Crippen LogP contribution is -2.34. The quantitative estimate of drug-likeness (QED) is 0.731. The third kappa shape index (κ3) is 1.95. The zero-order valence-electron chi connectivity index (χ0n) is 8.23. The van der Waals surface area contributed by atoms with Gasteiger partial charge in [0, 0.05) is 7.11 Å². The predicted molar refractivity (Wildman–Crippen MR) is 51.8 cm³/mol. The molecule has 1 fully saturated rings. The fourth-order valence-electron chi connectivity index (χ4n) is 1.57. The van der Waals surface area contributed by atoms with Gasteiger partial charge in [-0.05, 0) is 5.56 Å². The first-order chi connectivity index (χ1) is 6.85. The molecule has 1 aromatic carbocycles. The number of hydrogen-bond acceptors (Lipinski definition) is 3. The lowest BCUT2D eigenvalue weighted by atomic mass is 10.1. The molecule has 1 aromatic rings. The van der Waals surface area contributed by atoms with E-state index in [1.54, 1.807) is 7.11 Å². The summed E-state index contributed by atoms with van der Waals surface area (Å²) in [4.78, 5) is 0. The number of rotatable bonds is 3. The molecule has 0 unspecified atom stereocenters. The Balaban J connectivity index is 2.08. The number of methoxy groups -OCH3 is 1. The van der Waals surface area contributed by atoms with Gasteiger partial charge in [0.15, 0.2) is 0 Å². The van der Waals surface area contributed by atoms with Gasteiger partial charge in [0.05, 0.1) is 19.6 Å². The normalized spacial score (nSPS) is 19.8. The topological polar surface area (TPSA) is 27.7 Å². The Kier molecular flexibility index (Phi) is 2.82. The monoisotopic (exact) mass is 194 g/mol. The predicted octanol–water partition coefficient (Wildman–Crippen LogP) is 1.58. The van der Waals surface area contributed by atoms with Gasteiger partial charge in [-0.2, -0.15) is 0 Å². The minimum absolute atomic E-state index is 0.598. The van der Waals surface area contributed by atoms with E-state index in [4.69, 9.17) is 14.2 Å². The maximum atomic E-state index is 5.45.